The lowest BCUT2D eigenvalue weighted by atomic mass is 10.0. The molecule has 1 aromatic rings. The van der Waals surface area contributed by atoms with Crippen molar-refractivity contribution in [2.24, 2.45) is 5.73 Å². The fourth-order valence-electron chi connectivity index (χ4n) is 1.59. The van der Waals surface area contributed by atoms with Gasteiger partial charge in [0.25, 0.3) is 0 Å². The minimum atomic E-state index is -0.0795. The first-order valence-corrected chi connectivity index (χ1v) is 4.78. The molecule has 0 spiro atoms. The number of benzene rings is 1. The van der Waals surface area contributed by atoms with E-state index in [2.05, 4.69) is 0 Å². The molecule has 1 aliphatic carbocycles. The molecule has 3 heteroatoms. The Bertz CT molecular complexity index is 345. The van der Waals surface area contributed by atoms with Crippen LogP contribution in [-0.4, -0.2) is 17.8 Å². The molecule has 2 rings (SSSR count). The van der Waals surface area contributed by atoms with Crippen molar-refractivity contribution in [3.8, 4) is 11.5 Å². The van der Waals surface area contributed by atoms with Crippen LogP contribution in [0.15, 0.2) is 18.2 Å². The maximum atomic E-state index is 9.80. The van der Waals surface area contributed by atoms with Crippen LogP contribution in [0.4, 0.5) is 0 Å². The Hall–Kier alpha value is -1.22. The maximum absolute atomic E-state index is 9.80. The van der Waals surface area contributed by atoms with Gasteiger partial charge in [-0.15, -0.1) is 0 Å². The van der Waals surface area contributed by atoms with Crippen molar-refractivity contribution in [1.29, 1.82) is 0 Å². The van der Waals surface area contributed by atoms with Gasteiger partial charge in [0.15, 0.2) is 11.5 Å². The molecule has 0 amide bonds. The van der Waals surface area contributed by atoms with Gasteiger partial charge in [-0.2, -0.15) is 0 Å². The number of ether oxygens (including phenoxy) is 1. The summed E-state index contributed by atoms with van der Waals surface area (Å²) in [7, 11) is 1.55. The monoisotopic (exact) mass is 193 g/mol. The molecule has 1 saturated carbocycles. The topological polar surface area (TPSA) is 55.5 Å². The summed E-state index contributed by atoms with van der Waals surface area (Å²) in [6.45, 7) is 0. The van der Waals surface area contributed by atoms with Crippen LogP contribution in [0.3, 0.4) is 0 Å². The average Bonchev–Trinajstić information content (AvgIpc) is 2.88. The molecule has 0 aliphatic heterocycles. The van der Waals surface area contributed by atoms with Crippen molar-refractivity contribution in [1.82, 2.24) is 0 Å². The second-order valence-corrected chi connectivity index (χ2v) is 4.01. The molecule has 0 heterocycles. The third-order valence-electron chi connectivity index (χ3n) is 2.74. The van der Waals surface area contributed by atoms with E-state index in [-0.39, 0.29) is 11.3 Å². The maximum Gasteiger partial charge on any atom is 0.160 e. The van der Waals surface area contributed by atoms with Crippen molar-refractivity contribution in [2.45, 2.75) is 24.8 Å². The number of aromatic hydroxyl groups is 1. The van der Waals surface area contributed by atoms with E-state index in [0.717, 1.165) is 24.8 Å². The van der Waals surface area contributed by atoms with E-state index < -0.39 is 0 Å². The van der Waals surface area contributed by atoms with Crippen LogP contribution in [0.25, 0.3) is 0 Å². The van der Waals surface area contributed by atoms with Gasteiger partial charge < -0.3 is 15.6 Å². The molecule has 3 N–H and O–H groups in total. The number of para-hydroxylation sites is 1. The summed E-state index contributed by atoms with van der Waals surface area (Å²) in [5.74, 6) is 0.749. The van der Waals surface area contributed by atoms with Crippen molar-refractivity contribution in [3.63, 3.8) is 0 Å². The van der Waals surface area contributed by atoms with Crippen LogP contribution >= 0.6 is 0 Å². The average molecular weight is 193 g/mol. The summed E-state index contributed by atoms with van der Waals surface area (Å²) in [4.78, 5) is 0. The van der Waals surface area contributed by atoms with Crippen molar-refractivity contribution < 1.29 is 9.84 Å². The van der Waals surface area contributed by atoms with Crippen LogP contribution in [-0.2, 0) is 6.42 Å². The highest BCUT2D eigenvalue weighted by Crippen LogP contribution is 2.39. The zero-order valence-corrected chi connectivity index (χ0v) is 8.29. The van der Waals surface area contributed by atoms with E-state index in [4.69, 9.17) is 10.5 Å². The third kappa shape index (κ3) is 1.68. The summed E-state index contributed by atoms with van der Waals surface area (Å²) >= 11 is 0. The van der Waals surface area contributed by atoms with Gasteiger partial charge in [0.2, 0.25) is 0 Å². The summed E-state index contributed by atoms with van der Waals surface area (Å²) < 4.78 is 5.03. The van der Waals surface area contributed by atoms with E-state index in [1.54, 1.807) is 13.2 Å². The van der Waals surface area contributed by atoms with Gasteiger partial charge in [-0.25, -0.2) is 0 Å². The van der Waals surface area contributed by atoms with Crippen molar-refractivity contribution in [3.05, 3.63) is 23.8 Å². The Labute approximate surface area is 83.5 Å². The van der Waals surface area contributed by atoms with E-state index >= 15 is 0 Å². The largest absolute Gasteiger partial charge is 0.504 e. The summed E-state index contributed by atoms with van der Waals surface area (Å²) in [6.07, 6.45) is 2.82. The molecule has 0 radical (unpaired) electrons. The highest BCUT2D eigenvalue weighted by atomic mass is 16.5. The normalized spacial score (nSPS) is 17.9. The smallest absolute Gasteiger partial charge is 0.160 e. The minimum absolute atomic E-state index is 0.0795. The fraction of sp³-hybridized carbons (Fsp3) is 0.455. The molecular weight excluding hydrogens is 178 g/mol. The second-order valence-electron chi connectivity index (χ2n) is 4.01. The molecule has 0 aromatic heterocycles. The van der Waals surface area contributed by atoms with E-state index in [1.165, 1.54) is 0 Å². The number of phenolic OH excluding ortho intramolecular Hbond substituents is 1. The molecular formula is C11H15NO2. The standard InChI is InChI=1S/C11H15NO2/c1-14-9-4-2-3-8(10(9)13)7-11(12)5-6-11/h2-4,13H,5-7,12H2,1H3. The van der Waals surface area contributed by atoms with Gasteiger partial charge in [-0.3, -0.25) is 0 Å². The third-order valence-corrected chi connectivity index (χ3v) is 2.74. The highest BCUT2D eigenvalue weighted by Gasteiger charge is 2.38. The number of rotatable bonds is 3. The minimum Gasteiger partial charge on any atom is -0.504 e. The second kappa shape index (κ2) is 3.17. The first-order valence-electron chi connectivity index (χ1n) is 4.78. The van der Waals surface area contributed by atoms with Gasteiger partial charge >= 0.3 is 0 Å². The van der Waals surface area contributed by atoms with Gasteiger partial charge in [-0.1, -0.05) is 12.1 Å². The van der Waals surface area contributed by atoms with E-state index in [1.807, 2.05) is 12.1 Å². The quantitative estimate of drug-likeness (QED) is 0.763. The molecule has 76 valence electrons. The predicted molar refractivity (Wildman–Crippen MR) is 54.5 cm³/mol. The molecule has 0 unspecified atom stereocenters. The van der Waals surface area contributed by atoms with Crippen LogP contribution in [0.2, 0.25) is 0 Å². The van der Waals surface area contributed by atoms with Crippen molar-refractivity contribution >= 4 is 0 Å². The molecule has 0 bridgehead atoms. The Morgan fingerprint density at radius 2 is 2.21 bits per heavy atom. The molecule has 3 nitrogen and oxygen atoms in total. The molecule has 14 heavy (non-hydrogen) atoms. The Balaban J connectivity index is 2.24. The number of phenols is 1. The summed E-state index contributed by atoms with van der Waals surface area (Å²) in [5.41, 5.74) is 6.79. The van der Waals surface area contributed by atoms with Crippen LogP contribution in [0, 0.1) is 0 Å². The summed E-state index contributed by atoms with van der Waals surface area (Å²) in [5, 5.41) is 9.80. The lowest BCUT2D eigenvalue weighted by Gasteiger charge is -2.12. The first-order chi connectivity index (χ1) is 6.64. The lowest BCUT2D eigenvalue weighted by Crippen LogP contribution is -2.24. The first kappa shape index (κ1) is 9.34. The lowest BCUT2D eigenvalue weighted by molar-refractivity contribution is 0.369. The Kier molecular flexibility index (Phi) is 2.11. The molecule has 0 atom stereocenters. The zero-order valence-electron chi connectivity index (χ0n) is 8.29. The van der Waals surface area contributed by atoms with Gasteiger partial charge in [0, 0.05) is 5.54 Å². The van der Waals surface area contributed by atoms with E-state index in [9.17, 15) is 5.11 Å². The van der Waals surface area contributed by atoms with Crippen LogP contribution < -0.4 is 10.5 Å². The number of hydrogen-bond donors (Lipinski definition) is 2. The molecule has 0 saturated heterocycles. The van der Waals surface area contributed by atoms with Crippen molar-refractivity contribution in [2.75, 3.05) is 7.11 Å². The number of hydrogen-bond acceptors (Lipinski definition) is 3. The number of methoxy groups -OCH3 is 1. The SMILES string of the molecule is COc1cccc(CC2(N)CC2)c1O. The predicted octanol–water partition coefficient (Wildman–Crippen LogP) is 1.43. The molecule has 1 fully saturated rings. The van der Waals surface area contributed by atoms with Gasteiger partial charge in [-0.05, 0) is 30.9 Å². The fourth-order valence-corrected chi connectivity index (χ4v) is 1.59. The molecule has 1 aromatic carbocycles. The van der Waals surface area contributed by atoms with Gasteiger partial charge in [0.05, 0.1) is 7.11 Å². The Morgan fingerprint density at radius 3 is 2.79 bits per heavy atom. The molecule has 1 aliphatic rings. The van der Waals surface area contributed by atoms with Crippen LogP contribution in [0.5, 0.6) is 11.5 Å². The number of nitrogens with two attached hydrogens (primary N) is 1. The van der Waals surface area contributed by atoms with Gasteiger partial charge in [0.1, 0.15) is 0 Å². The van der Waals surface area contributed by atoms with Crippen LogP contribution in [0.1, 0.15) is 18.4 Å². The zero-order chi connectivity index (χ0) is 10.2. The Morgan fingerprint density at radius 1 is 1.50 bits per heavy atom. The highest BCUT2D eigenvalue weighted by molar-refractivity contribution is 5.46. The van der Waals surface area contributed by atoms with E-state index in [0.29, 0.717) is 5.75 Å². The summed E-state index contributed by atoms with van der Waals surface area (Å²) in [6, 6.07) is 5.51.